The smallest absolute Gasteiger partial charge is 0.407 e. The van der Waals surface area contributed by atoms with Gasteiger partial charge in [-0.25, -0.2) is 14.8 Å². The number of carbonyl (C=O) groups excluding carboxylic acids is 3. The zero-order chi connectivity index (χ0) is 38.4. The molecule has 0 bridgehead atoms. The number of carboxylic acids is 1. The summed E-state index contributed by atoms with van der Waals surface area (Å²) in [5, 5.41) is 12.0. The molecule has 2 aliphatic rings. The van der Waals surface area contributed by atoms with Crippen LogP contribution in [0.25, 0.3) is 28.0 Å². The minimum Gasteiger partial charge on any atom is -0.480 e. The number of amides is 3. The lowest BCUT2D eigenvalue weighted by molar-refractivity contribution is -0.144. The van der Waals surface area contributed by atoms with Crippen molar-refractivity contribution in [2.75, 3.05) is 20.2 Å². The number of imidazole rings is 2. The number of aromatic amines is 2. The largest absolute Gasteiger partial charge is 0.480 e. The summed E-state index contributed by atoms with van der Waals surface area (Å²) in [4.78, 5) is 69.2. The quantitative estimate of drug-likeness (QED) is 0.139. The summed E-state index contributed by atoms with van der Waals surface area (Å²) in [6.45, 7) is 16.1. The fourth-order valence-electron chi connectivity index (χ4n) is 6.78. The van der Waals surface area contributed by atoms with Crippen molar-refractivity contribution in [1.82, 2.24) is 35.1 Å². The van der Waals surface area contributed by atoms with Gasteiger partial charge in [0.1, 0.15) is 24.2 Å². The molecule has 1 aliphatic heterocycles. The minimum absolute atomic E-state index is 0.121. The number of allylic oxidation sites excluding steroid dienone is 5. The second-order valence-electron chi connectivity index (χ2n) is 14.1. The number of rotatable bonds is 14. The van der Waals surface area contributed by atoms with Gasteiger partial charge in [-0.05, 0) is 74.1 Å². The molecule has 280 valence electrons. The maximum Gasteiger partial charge on any atom is 0.407 e. The van der Waals surface area contributed by atoms with E-state index in [1.807, 2.05) is 64.1 Å². The Morgan fingerprint density at radius 2 is 1.74 bits per heavy atom. The van der Waals surface area contributed by atoms with Crippen LogP contribution in [0, 0.1) is 5.92 Å². The molecule has 53 heavy (non-hydrogen) atoms. The van der Waals surface area contributed by atoms with Crippen LogP contribution >= 0.6 is 0 Å². The summed E-state index contributed by atoms with van der Waals surface area (Å²) in [6, 6.07) is 6.71. The maximum atomic E-state index is 13.5. The Labute approximate surface area is 309 Å². The second kappa shape index (κ2) is 16.7. The number of nitrogens with zero attached hydrogens (tertiary/aromatic N) is 4. The van der Waals surface area contributed by atoms with E-state index < -0.39 is 18.1 Å². The van der Waals surface area contributed by atoms with Gasteiger partial charge in [0.25, 0.3) is 5.91 Å². The first-order valence-electron chi connectivity index (χ1n) is 18.0. The molecule has 3 aromatic rings. The van der Waals surface area contributed by atoms with Crippen molar-refractivity contribution in [1.29, 1.82) is 0 Å². The molecular formula is C40H49N7O6. The first kappa shape index (κ1) is 38.5. The highest BCUT2D eigenvalue weighted by Crippen LogP contribution is 2.35. The molecule has 0 radical (unpaired) electrons. The standard InChI is InChI=1S/C40H49N7O6/c1-23(2)35(45-40(52)53-7)39(51)46-19-9-12-33(46)37-42-20-31(43-37)26(6)14-13-25(5)27-15-17-28(18-16-27)32-21-41-36(44-32)29-10-8-11-30(29)38(50)47(24(3)4)22-34(48)49/h13-18,20-21,23-24,33,35H,5-6,8-12,19,22H2,1-4,7H3,(H,41,44)(H,42,43)(H,45,52)(H,48,49)/b14-13-. The predicted octanol–water partition coefficient (Wildman–Crippen LogP) is 6.39. The number of nitrogens with one attached hydrogen (secondary N) is 3. The van der Waals surface area contributed by atoms with Crippen LogP contribution in [0.15, 0.2) is 67.5 Å². The van der Waals surface area contributed by atoms with E-state index in [1.54, 1.807) is 17.3 Å². The van der Waals surface area contributed by atoms with Gasteiger partial charge in [0.15, 0.2) is 0 Å². The van der Waals surface area contributed by atoms with Gasteiger partial charge < -0.3 is 34.9 Å². The third kappa shape index (κ3) is 8.85. The van der Waals surface area contributed by atoms with Gasteiger partial charge in [0.05, 0.1) is 36.9 Å². The Morgan fingerprint density at radius 3 is 2.40 bits per heavy atom. The van der Waals surface area contributed by atoms with Gasteiger partial charge in [-0.3, -0.25) is 14.4 Å². The molecule has 1 fully saturated rings. The van der Waals surface area contributed by atoms with E-state index in [0.717, 1.165) is 52.9 Å². The molecule has 3 amide bonds. The Bertz CT molecular complexity index is 1930. The molecule has 4 N–H and O–H groups in total. The number of carboxylic acid groups (broad SMARTS) is 1. The van der Waals surface area contributed by atoms with Crippen LogP contribution in [-0.2, 0) is 19.1 Å². The number of likely N-dealkylation sites (tertiary alicyclic amines) is 1. The first-order chi connectivity index (χ1) is 25.3. The monoisotopic (exact) mass is 723 g/mol. The lowest BCUT2D eigenvalue weighted by atomic mass is 10.0. The summed E-state index contributed by atoms with van der Waals surface area (Å²) in [5.41, 5.74) is 6.29. The highest BCUT2D eigenvalue weighted by molar-refractivity contribution is 6.02. The van der Waals surface area contributed by atoms with Crippen LogP contribution in [0.2, 0.25) is 0 Å². The van der Waals surface area contributed by atoms with Crippen molar-refractivity contribution in [3.63, 3.8) is 0 Å². The van der Waals surface area contributed by atoms with Crippen molar-refractivity contribution in [3.05, 3.63) is 90.4 Å². The number of ether oxygens (including phenoxy) is 1. The number of aromatic nitrogens is 4. The van der Waals surface area contributed by atoms with Crippen molar-refractivity contribution in [2.24, 2.45) is 5.92 Å². The van der Waals surface area contributed by atoms with Crippen LogP contribution in [-0.4, -0.2) is 91.0 Å². The molecule has 13 nitrogen and oxygen atoms in total. The maximum absolute atomic E-state index is 13.5. The third-order valence-corrected chi connectivity index (χ3v) is 9.76. The predicted molar refractivity (Wildman–Crippen MR) is 203 cm³/mol. The molecule has 2 aromatic heterocycles. The van der Waals surface area contributed by atoms with E-state index in [2.05, 4.69) is 38.4 Å². The summed E-state index contributed by atoms with van der Waals surface area (Å²) in [5.74, 6) is -0.289. The van der Waals surface area contributed by atoms with E-state index in [9.17, 15) is 24.3 Å². The molecule has 5 rings (SSSR count). The normalized spacial score (nSPS) is 16.4. The van der Waals surface area contributed by atoms with Crippen LogP contribution in [0.5, 0.6) is 0 Å². The van der Waals surface area contributed by atoms with Gasteiger partial charge in [-0.2, -0.15) is 0 Å². The molecule has 0 spiro atoms. The van der Waals surface area contributed by atoms with Crippen molar-refractivity contribution in [2.45, 2.75) is 77.9 Å². The molecule has 2 unspecified atom stereocenters. The SMILES string of the molecule is C=C(/C=C\C(=C)c1cnc(C2CCCN2C(=O)C(NC(=O)OC)C(C)C)[nH]1)c1ccc(-c2cnc(C3=C(C(=O)N(CC(=O)O)C(C)C)CCC3)[nH]2)cc1. The number of methoxy groups -OCH3 is 1. The Balaban J connectivity index is 1.22. The number of aliphatic carboxylic acids is 1. The zero-order valence-electron chi connectivity index (χ0n) is 31.1. The van der Waals surface area contributed by atoms with E-state index in [-0.39, 0.29) is 36.4 Å². The summed E-state index contributed by atoms with van der Waals surface area (Å²) >= 11 is 0. The topological polar surface area (TPSA) is 174 Å². The van der Waals surface area contributed by atoms with Gasteiger partial charge in [0, 0.05) is 23.7 Å². The number of carbonyl (C=O) groups is 4. The number of hydrogen-bond donors (Lipinski definition) is 4. The molecule has 1 aromatic carbocycles. The number of hydrogen-bond acceptors (Lipinski definition) is 7. The highest BCUT2D eigenvalue weighted by Gasteiger charge is 2.37. The molecule has 1 saturated heterocycles. The average molecular weight is 724 g/mol. The Kier molecular flexibility index (Phi) is 12.2. The number of benzene rings is 1. The fraction of sp³-hybridized carbons (Fsp3) is 0.400. The van der Waals surface area contributed by atoms with E-state index in [0.29, 0.717) is 42.2 Å². The molecule has 2 atom stereocenters. The molecule has 1 aliphatic carbocycles. The van der Waals surface area contributed by atoms with Crippen molar-refractivity contribution in [3.8, 4) is 11.3 Å². The van der Waals surface area contributed by atoms with Crippen LogP contribution < -0.4 is 5.32 Å². The van der Waals surface area contributed by atoms with Gasteiger partial charge in [-0.1, -0.05) is 63.4 Å². The van der Waals surface area contributed by atoms with Crippen LogP contribution in [0.4, 0.5) is 4.79 Å². The van der Waals surface area contributed by atoms with Gasteiger partial charge in [-0.15, -0.1) is 0 Å². The Morgan fingerprint density at radius 1 is 1.02 bits per heavy atom. The molecular weight excluding hydrogens is 674 g/mol. The van der Waals surface area contributed by atoms with Crippen molar-refractivity contribution < 1.29 is 29.0 Å². The fourth-order valence-corrected chi connectivity index (χ4v) is 6.78. The number of H-pyrrole nitrogens is 2. The second-order valence-corrected chi connectivity index (χ2v) is 14.1. The van der Waals surface area contributed by atoms with E-state index >= 15 is 0 Å². The lowest BCUT2D eigenvalue weighted by Crippen LogP contribution is -2.51. The minimum atomic E-state index is -1.04. The molecule has 0 saturated carbocycles. The van der Waals surface area contributed by atoms with Gasteiger partial charge in [0.2, 0.25) is 5.91 Å². The van der Waals surface area contributed by atoms with E-state index in [1.165, 1.54) is 12.0 Å². The molecule has 13 heteroatoms. The summed E-state index contributed by atoms with van der Waals surface area (Å²) in [7, 11) is 1.28. The Hall–Kier alpha value is -5.72. The van der Waals surface area contributed by atoms with E-state index in [4.69, 9.17) is 4.74 Å². The van der Waals surface area contributed by atoms with Crippen molar-refractivity contribution >= 4 is 40.6 Å². The van der Waals surface area contributed by atoms with Gasteiger partial charge >= 0.3 is 12.1 Å². The lowest BCUT2D eigenvalue weighted by Gasteiger charge is -2.30. The number of alkyl carbamates (subject to hydrolysis) is 1. The third-order valence-electron chi connectivity index (χ3n) is 9.76. The first-order valence-corrected chi connectivity index (χ1v) is 18.0. The van der Waals surface area contributed by atoms with Crippen LogP contribution in [0.1, 0.15) is 88.7 Å². The average Bonchev–Trinajstić information content (AvgIpc) is 3.97. The summed E-state index contributed by atoms with van der Waals surface area (Å²) in [6.07, 6.45) is 10.2. The van der Waals surface area contributed by atoms with Crippen LogP contribution in [0.3, 0.4) is 0 Å². The highest BCUT2D eigenvalue weighted by atomic mass is 16.5. The zero-order valence-corrected chi connectivity index (χ0v) is 31.1. The molecule has 3 heterocycles. The summed E-state index contributed by atoms with van der Waals surface area (Å²) < 4.78 is 4.73.